The average molecular weight is 340 g/mol. The van der Waals surface area contributed by atoms with Crippen molar-refractivity contribution in [2.45, 2.75) is 31.2 Å². The first-order valence-electron chi connectivity index (χ1n) is 7.80. The smallest absolute Gasteiger partial charge is 0.176 e. The number of ether oxygens (including phenoxy) is 1. The monoisotopic (exact) mass is 340 g/mol. The molecule has 2 aromatic carbocycles. The lowest BCUT2D eigenvalue weighted by Crippen LogP contribution is -2.14. The molecule has 0 bridgehead atoms. The Morgan fingerprint density at radius 1 is 1.17 bits per heavy atom. The number of aryl methyl sites for hydroxylation is 2. The standard InChI is InChI=1S/C19H20N2O2S/c1-11-5-6-14(9-12(11)2)18(22)13(3)24-19-20-16-8-7-15(23-4)10-17(16)21-19/h5-10,13H,1-4H3,(H,20,21). The first-order valence-corrected chi connectivity index (χ1v) is 8.68. The molecule has 0 spiro atoms. The van der Waals surface area contributed by atoms with Crippen molar-refractivity contribution in [2.75, 3.05) is 7.11 Å². The van der Waals surface area contributed by atoms with Crippen molar-refractivity contribution in [3.63, 3.8) is 0 Å². The van der Waals surface area contributed by atoms with E-state index < -0.39 is 0 Å². The van der Waals surface area contributed by atoms with Gasteiger partial charge < -0.3 is 9.72 Å². The number of thioether (sulfide) groups is 1. The van der Waals surface area contributed by atoms with Gasteiger partial charge in [-0.05, 0) is 50.1 Å². The fourth-order valence-corrected chi connectivity index (χ4v) is 3.40. The van der Waals surface area contributed by atoms with Gasteiger partial charge >= 0.3 is 0 Å². The zero-order valence-electron chi connectivity index (χ0n) is 14.2. The lowest BCUT2D eigenvalue weighted by atomic mass is 10.0. The Hall–Kier alpha value is -2.27. The fraction of sp³-hybridized carbons (Fsp3) is 0.263. The van der Waals surface area contributed by atoms with Crippen LogP contribution in [0.15, 0.2) is 41.6 Å². The molecule has 3 aromatic rings. The van der Waals surface area contributed by atoms with Crippen LogP contribution in [0.25, 0.3) is 11.0 Å². The molecule has 0 fully saturated rings. The Balaban J connectivity index is 1.79. The summed E-state index contributed by atoms with van der Waals surface area (Å²) < 4.78 is 5.22. The summed E-state index contributed by atoms with van der Waals surface area (Å²) in [4.78, 5) is 20.4. The van der Waals surface area contributed by atoms with Crippen molar-refractivity contribution in [3.05, 3.63) is 53.1 Å². The van der Waals surface area contributed by atoms with Crippen molar-refractivity contribution in [1.82, 2.24) is 9.97 Å². The van der Waals surface area contributed by atoms with Crippen LogP contribution in [0.5, 0.6) is 5.75 Å². The minimum atomic E-state index is -0.213. The summed E-state index contributed by atoms with van der Waals surface area (Å²) in [5.74, 6) is 0.892. The number of rotatable bonds is 5. The van der Waals surface area contributed by atoms with Gasteiger partial charge in [-0.3, -0.25) is 4.79 Å². The third-order valence-corrected chi connectivity index (χ3v) is 5.10. The third-order valence-electron chi connectivity index (χ3n) is 4.12. The number of imidazole rings is 1. The molecule has 0 saturated heterocycles. The first-order chi connectivity index (χ1) is 11.5. The maximum absolute atomic E-state index is 12.6. The van der Waals surface area contributed by atoms with E-state index in [1.807, 2.05) is 57.2 Å². The highest BCUT2D eigenvalue weighted by molar-refractivity contribution is 8.00. The number of benzene rings is 2. The lowest BCUT2D eigenvalue weighted by Gasteiger charge is -2.10. The molecule has 1 unspecified atom stereocenters. The minimum Gasteiger partial charge on any atom is -0.497 e. The van der Waals surface area contributed by atoms with Gasteiger partial charge in [0.2, 0.25) is 0 Å². The van der Waals surface area contributed by atoms with Crippen LogP contribution in [0.4, 0.5) is 0 Å². The topological polar surface area (TPSA) is 55.0 Å². The second-order valence-electron chi connectivity index (χ2n) is 5.85. The Morgan fingerprint density at radius 3 is 2.67 bits per heavy atom. The molecule has 1 aromatic heterocycles. The number of hydrogen-bond acceptors (Lipinski definition) is 4. The number of hydrogen-bond donors (Lipinski definition) is 1. The van der Waals surface area contributed by atoms with E-state index in [9.17, 15) is 4.79 Å². The van der Waals surface area contributed by atoms with Crippen molar-refractivity contribution in [1.29, 1.82) is 0 Å². The molecule has 0 aliphatic carbocycles. The van der Waals surface area contributed by atoms with Gasteiger partial charge in [-0.15, -0.1) is 0 Å². The number of ketones is 1. The maximum Gasteiger partial charge on any atom is 0.176 e. The number of carbonyl (C=O) groups excluding carboxylic acids is 1. The Kier molecular flexibility index (Phi) is 4.62. The van der Waals surface area contributed by atoms with Crippen molar-refractivity contribution in [3.8, 4) is 5.75 Å². The van der Waals surface area contributed by atoms with E-state index in [4.69, 9.17) is 4.74 Å². The normalized spacial score (nSPS) is 12.3. The number of methoxy groups -OCH3 is 1. The molecule has 0 saturated carbocycles. The highest BCUT2D eigenvalue weighted by Gasteiger charge is 2.18. The van der Waals surface area contributed by atoms with Crippen LogP contribution in [-0.2, 0) is 0 Å². The Labute approximate surface area is 145 Å². The minimum absolute atomic E-state index is 0.112. The number of nitrogens with zero attached hydrogens (tertiary/aromatic N) is 1. The predicted molar refractivity (Wildman–Crippen MR) is 98.2 cm³/mol. The van der Waals surface area contributed by atoms with Gasteiger partial charge in [0.1, 0.15) is 5.75 Å². The maximum atomic E-state index is 12.6. The van der Waals surface area contributed by atoms with E-state index in [2.05, 4.69) is 9.97 Å². The van der Waals surface area contributed by atoms with Crippen LogP contribution >= 0.6 is 11.8 Å². The predicted octanol–water partition coefficient (Wildman–Crippen LogP) is 4.55. The average Bonchev–Trinajstić information content (AvgIpc) is 2.97. The second kappa shape index (κ2) is 6.69. The molecule has 124 valence electrons. The van der Waals surface area contributed by atoms with Gasteiger partial charge in [0, 0.05) is 11.6 Å². The van der Waals surface area contributed by atoms with Crippen LogP contribution in [-0.4, -0.2) is 28.1 Å². The molecule has 0 aliphatic rings. The summed E-state index contributed by atoms with van der Waals surface area (Å²) in [6.07, 6.45) is 0. The van der Waals surface area contributed by atoms with Crippen molar-refractivity contribution >= 4 is 28.6 Å². The lowest BCUT2D eigenvalue weighted by molar-refractivity contribution is 0.0994. The summed E-state index contributed by atoms with van der Waals surface area (Å²) in [5.41, 5.74) is 4.84. The van der Waals surface area contributed by atoms with Crippen LogP contribution in [0, 0.1) is 13.8 Å². The molecular weight excluding hydrogens is 320 g/mol. The van der Waals surface area contributed by atoms with Crippen LogP contribution in [0.3, 0.4) is 0 Å². The number of nitrogens with one attached hydrogen (secondary N) is 1. The number of aromatic amines is 1. The van der Waals surface area contributed by atoms with E-state index in [1.54, 1.807) is 7.11 Å². The molecule has 0 radical (unpaired) electrons. The van der Waals surface area contributed by atoms with Crippen LogP contribution in [0.2, 0.25) is 0 Å². The molecule has 1 N–H and O–H groups in total. The number of aromatic nitrogens is 2. The molecular formula is C19H20N2O2S. The number of H-pyrrole nitrogens is 1. The number of fused-ring (bicyclic) bond motifs is 1. The summed E-state index contributed by atoms with van der Waals surface area (Å²) >= 11 is 1.44. The van der Waals surface area contributed by atoms with Crippen molar-refractivity contribution < 1.29 is 9.53 Å². The zero-order valence-corrected chi connectivity index (χ0v) is 15.0. The fourth-order valence-electron chi connectivity index (χ4n) is 2.50. The quantitative estimate of drug-likeness (QED) is 0.547. The Bertz CT molecular complexity index is 902. The highest BCUT2D eigenvalue weighted by Crippen LogP contribution is 2.27. The summed E-state index contributed by atoms with van der Waals surface area (Å²) in [7, 11) is 1.64. The van der Waals surface area contributed by atoms with Gasteiger partial charge in [0.15, 0.2) is 10.9 Å². The third kappa shape index (κ3) is 3.31. The number of carbonyl (C=O) groups is 1. The van der Waals surface area contributed by atoms with E-state index in [0.717, 1.165) is 33.1 Å². The Morgan fingerprint density at radius 2 is 1.96 bits per heavy atom. The highest BCUT2D eigenvalue weighted by atomic mass is 32.2. The van der Waals surface area contributed by atoms with E-state index >= 15 is 0 Å². The largest absolute Gasteiger partial charge is 0.497 e. The summed E-state index contributed by atoms with van der Waals surface area (Å²) in [6.45, 7) is 5.98. The summed E-state index contributed by atoms with van der Waals surface area (Å²) in [5, 5.41) is 0.525. The zero-order chi connectivity index (χ0) is 17.3. The van der Waals surface area contributed by atoms with Gasteiger partial charge in [-0.25, -0.2) is 4.98 Å². The molecule has 4 nitrogen and oxygen atoms in total. The van der Waals surface area contributed by atoms with Gasteiger partial charge in [0.25, 0.3) is 0 Å². The van der Waals surface area contributed by atoms with Crippen LogP contribution in [0.1, 0.15) is 28.4 Å². The molecule has 3 rings (SSSR count). The van der Waals surface area contributed by atoms with Crippen molar-refractivity contribution in [2.24, 2.45) is 0 Å². The van der Waals surface area contributed by atoms with Gasteiger partial charge in [0.05, 0.1) is 23.4 Å². The molecule has 1 heterocycles. The second-order valence-corrected chi connectivity index (χ2v) is 7.18. The first kappa shape index (κ1) is 16.6. The number of Topliss-reactive ketones (excluding diaryl/α,β-unsaturated/α-hetero) is 1. The molecule has 0 aliphatic heterocycles. The van der Waals surface area contributed by atoms with E-state index in [0.29, 0.717) is 0 Å². The molecule has 1 atom stereocenters. The van der Waals surface area contributed by atoms with E-state index in [-0.39, 0.29) is 11.0 Å². The summed E-state index contributed by atoms with van der Waals surface area (Å²) in [6, 6.07) is 11.5. The SMILES string of the molecule is COc1ccc2nc(SC(C)C(=O)c3ccc(C)c(C)c3)[nH]c2c1. The molecule has 0 amide bonds. The van der Waals surface area contributed by atoms with Crippen LogP contribution < -0.4 is 4.74 Å². The molecule has 5 heteroatoms. The van der Waals surface area contributed by atoms with Gasteiger partial charge in [-0.2, -0.15) is 0 Å². The molecule has 24 heavy (non-hydrogen) atoms. The van der Waals surface area contributed by atoms with Gasteiger partial charge in [-0.1, -0.05) is 23.9 Å². The van der Waals surface area contributed by atoms with E-state index in [1.165, 1.54) is 17.3 Å².